The highest BCUT2D eigenvalue weighted by atomic mass is 16.5. The molecule has 2 aromatic carbocycles. The van der Waals surface area contributed by atoms with Gasteiger partial charge in [0.2, 0.25) is 5.91 Å². The van der Waals surface area contributed by atoms with Gasteiger partial charge in [0.1, 0.15) is 0 Å². The first-order valence-electron chi connectivity index (χ1n) is 10.5. The zero-order valence-electron chi connectivity index (χ0n) is 17.5. The van der Waals surface area contributed by atoms with Crippen LogP contribution >= 0.6 is 0 Å². The first-order valence-corrected chi connectivity index (χ1v) is 10.5. The highest BCUT2D eigenvalue weighted by molar-refractivity contribution is 5.75. The van der Waals surface area contributed by atoms with Gasteiger partial charge in [-0.05, 0) is 44.2 Å². The lowest BCUT2D eigenvalue weighted by atomic mass is 9.67. The minimum absolute atomic E-state index is 0.0476. The molecule has 0 aromatic heterocycles. The van der Waals surface area contributed by atoms with Crippen LogP contribution in [0.5, 0.6) is 0 Å². The van der Waals surface area contributed by atoms with Crippen LogP contribution < -0.4 is 0 Å². The van der Waals surface area contributed by atoms with Gasteiger partial charge in [-0.25, -0.2) is 0 Å². The number of hydrogen-bond donors (Lipinski definition) is 0. The third-order valence-electron chi connectivity index (χ3n) is 5.96. The standard InChI is InChI=1S/C25H33NO2/c1-4-23(27)26(19-21-11-7-5-8-12-21)17-15-25(22-13-9-6-10-14-22)16-18-28-24(2,3)20-25/h5-14H,4,15-20H2,1-3H3. The van der Waals surface area contributed by atoms with Gasteiger partial charge in [0.25, 0.3) is 0 Å². The van der Waals surface area contributed by atoms with Crippen LogP contribution in [0.2, 0.25) is 0 Å². The summed E-state index contributed by atoms with van der Waals surface area (Å²) in [6, 6.07) is 21.1. The molecule has 0 N–H and O–H groups in total. The second-order valence-electron chi connectivity index (χ2n) is 8.59. The molecule has 150 valence electrons. The van der Waals surface area contributed by atoms with Crippen molar-refractivity contribution in [1.29, 1.82) is 0 Å². The lowest BCUT2D eigenvalue weighted by molar-refractivity contribution is -0.132. The third kappa shape index (κ3) is 5.02. The Bertz CT molecular complexity index is 757. The molecule has 1 unspecified atom stereocenters. The molecule has 0 bridgehead atoms. The van der Waals surface area contributed by atoms with E-state index >= 15 is 0 Å². The molecule has 1 atom stereocenters. The van der Waals surface area contributed by atoms with Gasteiger partial charge in [0.05, 0.1) is 5.60 Å². The summed E-state index contributed by atoms with van der Waals surface area (Å²) in [4.78, 5) is 14.7. The number of carbonyl (C=O) groups excluding carboxylic acids is 1. The fourth-order valence-corrected chi connectivity index (χ4v) is 4.54. The van der Waals surface area contributed by atoms with Crippen molar-refractivity contribution in [3.05, 3.63) is 71.8 Å². The molecular weight excluding hydrogens is 346 g/mol. The van der Waals surface area contributed by atoms with Crippen molar-refractivity contribution in [3.8, 4) is 0 Å². The van der Waals surface area contributed by atoms with Crippen LogP contribution in [0, 0.1) is 0 Å². The van der Waals surface area contributed by atoms with E-state index < -0.39 is 0 Å². The Balaban J connectivity index is 1.82. The fourth-order valence-electron chi connectivity index (χ4n) is 4.54. The molecule has 1 aliphatic rings. The van der Waals surface area contributed by atoms with Crippen molar-refractivity contribution in [1.82, 2.24) is 4.90 Å². The predicted octanol–water partition coefficient (Wildman–Crippen LogP) is 5.34. The summed E-state index contributed by atoms with van der Waals surface area (Å²) in [5.74, 6) is 0.221. The molecule has 0 aliphatic carbocycles. The van der Waals surface area contributed by atoms with Gasteiger partial charge in [-0.3, -0.25) is 4.79 Å². The largest absolute Gasteiger partial charge is 0.376 e. The second-order valence-corrected chi connectivity index (χ2v) is 8.59. The molecule has 1 fully saturated rings. The summed E-state index contributed by atoms with van der Waals surface area (Å²) < 4.78 is 6.03. The SMILES string of the molecule is CCC(=O)N(CCC1(c2ccccc2)CCOC(C)(C)C1)Cc1ccccc1. The molecule has 1 amide bonds. The van der Waals surface area contributed by atoms with Crippen molar-refractivity contribution in [2.45, 2.75) is 64.0 Å². The van der Waals surface area contributed by atoms with Crippen molar-refractivity contribution in [2.75, 3.05) is 13.2 Å². The van der Waals surface area contributed by atoms with E-state index in [0.29, 0.717) is 13.0 Å². The zero-order chi connectivity index (χ0) is 20.0. The van der Waals surface area contributed by atoms with E-state index in [2.05, 4.69) is 56.3 Å². The lowest BCUT2D eigenvalue weighted by Gasteiger charge is -2.46. The van der Waals surface area contributed by atoms with Crippen molar-refractivity contribution >= 4 is 5.91 Å². The summed E-state index contributed by atoms with van der Waals surface area (Å²) in [6.45, 7) is 8.53. The summed E-state index contributed by atoms with van der Waals surface area (Å²) in [6.07, 6.45) is 3.48. The van der Waals surface area contributed by atoms with Gasteiger partial charge in [-0.1, -0.05) is 67.6 Å². The Hall–Kier alpha value is -2.13. The van der Waals surface area contributed by atoms with Crippen LogP contribution in [0.15, 0.2) is 60.7 Å². The minimum atomic E-state index is -0.146. The molecule has 1 aliphatic heterocycles. The summed E-state index contributed by atoms with van der Waals surface area (Å²) in [5.41, 5.74) is 2.46. The maximum absolute atomic E-state index is 12.7. The molecular formula is C25H33NO2. The Kier molecular flexibility index (Phi) is 6.56. The normalized spacial score (nSPS) is 21.2. The van der Waals surface area contributed by atoms with E-state index in [1.54, 1.807) is 0 Å². The zero-order valence-corrected chi connectivity index (χ0v) is 17.5. The molecule has 3 heteroatoms. The van der Waals surface area contributed by atoms with E-state index in [-0.39, 0.29) is 16.9 Å². The highest BCUT2D eigenvalue weighted by Gasteiger charge is 2.42. The molecule has 3 rings (SSSR count). The Labute approximate surface area is 169 Å². The van der Waals surface area contributed by atoms with Crippen LogP contribution in [0.25, 0.3) is 0 Å². The van der Waals surface area contributed by atoms with Gasteiger partial charge in [-0.2, -0.15) is 0 Å². The molecule has 3 nitrogen and oxygen atoms in total. The third-order valence-corrected chi connectivity index (χ3v) is 5.96. The first-order chi connectivity index (χ1) is 13.4. The molecule has 28 heavy (non-hydrogen) atoms. The van der Waals surface area contributed by atoms with Crippen LogP contribution in [0.1, 0.15) is 57.6 Å². The summed E-state index contributed by atoms with van der Waals surface area (Å²) in [5, 5.41) is 0. The Morgan fingerprint density at radius 3 is 2.29 bits per heavy atom. The highest BCUT2D eigenvalue weighted by Crippen LogP contribution is 2.44. The monoisotopic (exact) mass is 379 g/mol. The average Bonchev–Trinajstić information content (AvgIpc) is 2.71. The summed E-state index contributed by atoms with van der Waals surface area (Å²) in [7, 11) is 0. The van der Waals surface area contributed by atoms with Gasteiger partial charge >= 0.3 is 0 Å². The van der Waals surface area contributed by atoms with Crippen LogP contribution in [-0.4, -0.2) is 29.6 Å². The molecule has 1 saturated heterocycles. The van der Waals surface area contributed by atoms with Gasteiger partial charge < -0.3 is 9.64 Å². The van der Waals surface area contributed by atoms with Gasteiger partial charge in [0.15, 0.2) is 0 Å². The quantitative estimate of drug-likeness (QED) is 0.650. The van der Waals surface area contributed by atoms with Gasteiger partial charge in [0, 0.05) is 31.5 Å². The number of amides is 1. The first kappa shape index (κ1) is 20.6. The molecule has 2 aromatic rings. The van der Waals surface area contributed by atoms with E-state index in [1.807, 2.05) is 30.0 Å². The topological polar surface area (TPSA) is 29.5 Å². The molecule has 0 saturated carbocycles. The molecule has 1 heterocycles. The number of carbonyl (C=O) groups is 1. The van der Waals surface area contributed by atoms with Crippen LogP contribution in [0.3, 0.4) is 0 Å². The predicted molar refractivity (Wildman–Crippen MR) is 114 cm³/mol. The lowest BCUT2D eigenvalue weighted by Crippen LogP contribution is -2.46. The van der Waals surface area contributed by atoms with Gasteiger partial charge in [-0.15, -0.1) is 0 Å². The van der Waals surface area contributed by atoms with Crippen LogP contribution in [-0.2, 0) is 21.5 Å². The maximum atomic E-state index is 12.7. The molecule has 0 radical (unpaired) electrons. The van der Waals surface area contributed by atoms with E-state index in [4.69, 9.17) is 4.74 Å². The Morgan fingerprint density at radius 1 is 1.04 bits per heavy atom. The smallest absolute Gasteiger partial charge is 0.222 e. The van der Waals surface area contributed by atoms with E-state index in [1.165, 1.54) is 11.1 Å². The number of benzene rings is 2. The fraction of sp³-hybridized carbons (Fsp3) is 0.480. The number of nitrogens with zero attached hydrogens (tertiary/aromatic N) is 1. The molecule has 0 spiro atoms. The maximum Gasteiger partial charge on any atom is 0.222 e. The van der Waals surface area contributed by atoms with Crippen molar-refractivity contribution < 1.29 is 9.53 Å². The average molecular weight is 380 g/mol. The number of rotatable bonds is 7. The van der Waals surface area contributed by atoms with Crippen molar-refractivity contribution in [2.24, 2.45) is 0 Å². The number of ether oxygens (including phenoxy) is 1. The second kappa shape index (κ2) is 8.91. The minimum Gasteiger partial charge on any atom is -0.376 e. The Morgan fingerprint density at radius 2 is 1.68 bits per heavy atom. The van der Waals surface area contributed by atoms with Crippen molar-refractivity contribution in [3.63, 3.8) is 0 Å². The van der Waals surface area contributed by atoms with Crippen LogP contribution in [0.4, 0.5) is 0 Å². The van der Waals surface area contributed by atoms with E-state index in [0.717, 1.165) is 32.4 Å². The summed E-state index contributed by atoms with van der Waals surface area (Å²) >= 11 is 0. The van der Waals surface area contributed by atoms with E-state index in [9.17, 15) is 4.79 Å². The number of hydrogen-bond acceptors (Lipinski definition) is 2.